The molecule has 35 heavy (non-hydrogen) atoms. The number of hydrogen-bond acceptors (Lipinski definition) is 4. The minimum absolute atomic E-state index is 0.148. The molecule has 0 saturated heterocycles. The van der Waals surface area contributed by atoms with Crippen molar-refractivity contribution in [1.82, 2.24) is 4.98 Å². The van der Waals surface area contributed by atoms with Crippen LogP contribution in [0.2, 0.25) is 0 Å². The minimum atomic E-state index is -4.53. The molecule has 1 aliphatic heterocycles. The monoisotopic (exact) mass is 488 g/mol. The van der Waals surface area contributed by atoms with Gasteiger partial charge in [-0.05, 0) is 55.2 Å². The third-order valence-corrected chi connectivity index (χ3v) is 6.16. The Balaban J connectivity index is 1.73. The number of nitrogens with one attached hydrogen (secondary N) is 1. The first-order chi connectivity index (χ1) is 16.7. The van der Waals surface area contributed by atoms with Crippen LogP contribution in [-0.4, -0.2) is 31.2 Å². The molecule has 0 saturated carbocycles. The first-order valence-electron chi connectivity index (χ1n) is 11.6. The highest BCUT2D eigenvalue weighted by Gasteiger charge is 2.33. The van der Waals surface area contributed by atoms with E-state index in [9.17, 15) is 22.8 Å². The number of nitrogens with zero attached hydrogens (tertiary/aromatic N) is 1. The largest absolute Gasteiger partial charge is 0.493 e. The molecule has 1 aromatic heterocycles. The number of carbonyl (C=O) groups is 1. The predicted molar refractivity (Wildman–Crippen MR) is 128 cm³/mol. The summed E-state index contributed by atoms with van der Waals surface area (Å²) in [4.78, 5) is 30.4. The molecular weight excluding hydrogens is 461 g/mol. The number of carbonyl (C=O) groups excluding carboxylic acids is 1. The molecule has 2 aromatic carbocycles. The summed E-state index contributed by atoms with van der Waals surface area (Å²) in [6, 6.07) is 8.24. The lowest BCUT2D eigenvalue weighted by atomic mass is 9.98. The average molecular weight is 489 g/mol. The molecule has 186 valence electrons. The Kier molecular flexibility index (Phi) is 7.05. The van der Waals surface area contributed by atoms with E-state index < -0.39 is 23.2 Å². The van der Waals surface area contributed by atoms with E-state index in [0.717, 1.165) is 31.4 Å². The second-order valence-electron chi connectivity index (χ2n) is 8.53. The lowest BCUT2D eigenvalue weighted by Gasteiger charge is -2.30. The van der Waals surface area contributed by atoms with Gasteiger partial charge in [0.25, 0.3) is 11.5 Å². The number of aromatic amines is 1. The van der Waals surface area contributed by atoms with E-state index in [1.54, 1.807) is 12.1 Å². The molecule has 1 N–H and O–H groups in total. The highest BCUT2D eigenvalue weighted by molar-refractivity contribution is 6.08. The Morgan fingerprint density at radius 1 is 1.14 bits per heavy atom. The topological polar surface area (TPSA) is 71.6 Å². The Labute approximate surface area is 200 Å². The second kappa shape index (κ2) is 10.0. The van der Waals surface area contributed by atoms with E-state index in [2.05, 4.69) is 11.9 Å². The number of pyridine rings is 1. The third kappa shape index (κ3) is 4.99. The summed E-state index contributed by atoms with van der Waals surface area (Å²) in [5.74, 6) is 0.193. The molecule has 1 aliphatic rings. The van der Waals surface area contributed by atoms with Gasteiger partial charge in [-0.1, -0.05) is 25.8 Å². The standard InChI is InChI=1S/C26H27F3N2O4/c1-3-4-5-13-35-23-21(34-2)11-9-17-14-19(24(32)30-22(17)23)25(33)31-12-6-7-16-8-10-18(15-20(16)31)26(27,28)29/h8-11,14-15H,3-7,12-13H2,1-2H3,(H,30,32). The van der Waals surface area contributed by atoms with Crippen LogP contribution >= 0.6 is 0 Å². The van der Waals surface area contributed by atoms with Crippen LogP contribution < -0.4 is 19.9 Å². The summed E-state index contributed by atoms with van der Waals surface area (Å²) in [5, 5.41) is 0.556. The zero-order valence-corrected chi connectivity index (χ0v) is 19.6. The van der Waals surface area contributed by atoms with Crippen LogP contribution in [0.3, 0.4) is 0 Å². The van der Waals surface area contributed by atoms with Crippen LogP contribution in [0.1, 0.15) is 54.1 Å². The number of H-pyrrole nitrogens is 1. The number of unbranched alkanes of at least 4 members (excludes halogenated alkanes) is 2. The highest BCUT2D eigenvalue weighted by atomic mass is 19.4. The average Bonchev–Trinajstić information content (AvgIpc) is 2.84. The van der Waals surface area contributed by atoms with Crippen molar-refractivity contribution in [2.45, 2.75) is 45.2 Å². The summed E-state index contributed by atoms with van der Waals surface area (Å²) >= 11 is 0. The van der Waals surface area contributed by atoms with Crippen LogP contribution in [-0.2, 0) is 12.6 Å². The minimum Gasteiger partial charge on any atom is -0.493 e. The molecule has 0 unspecified atom stereocenters. The van der Waals surface area contributed by atoms with Gasteiger partial charge in [0.15, 0.2) is 11.5 Å². The molecule has 0 spiro atoms. The third-order valence-electron chi connectivity index (χ3n) is 6.16. The summed E-state index contributed by atoms with van der Waals surface area (Å²) in [5.41, 5.74) is -0.396. The van der Waals surface area contributed by atoms with Gasteiger partial charge in [-0.15, -0.1) is 0 Å². The van der Waals surface area contributed by atoms with Gasteiger partial charge in [-0.2, -0.15) is 13.2 Å². The number of anilines is 1. The van der Waals surface area contributed by atoms with Crippen molar-refractivity contribution in [3.63, 3.8) is 0 Å². The number of aromatic nitrogens is 1. The smallest absolute Gasteiger partial charge is 0.416 e. The van der Waals surface area contributed by atoms with Crippen molar-refractivity contribution in [2.24, 2.45) is 0 Å². The fraction of sp³-hybridized carbons (Fsp3) is 0.385. The predicted octanol–water partition coefficient (Wildman–Crippen LogP) is 5.72. The molecule has 0 bridgehead atoms. The molecule has 2 heterocycles. The molecule has 0 atom stereocenters. The maximum atomic E-state index is 13.4. The maximum absolute atomic E-state index is 13.4. The zero-order valence-electron chi connectivity index (χ0n) is 19.6. The molecule has 0 fully saturated rings. The van der Waals surface area contributed by atoms with Crippen LogP contribution in [0.5, 0.6) is 11.5 Å². The number of hydrogen-bond donors (Lipinski definition) is 1. The number of rotatable bonds is 7. The number of alkyl halides is 3. The van der Waals surface area contributed by atoms with Gasteiger partial charge in [0.2, 0.25) is 0 Å². The molecule has 6 nitrogen and oxygen atoms in total. The molecule has 1 amide bonds. The second-order valence-corrected chi connectivity index (χ2v) is 8.53. The number of methoxy groups -OCH3 is 1. The van der Waals surface area contributed by atoms with Crippen molar-refractivity contribution >= 4 is 22.5 Å². The highest BCUT2D eigenvalue weighted by Crippen LogP contribution is 2.37. The van der Waals surface area contributed by atoms with E-state index in [0.29, 0.717) is 47.4 Å². The van der Waals surface area contributed by atoms with Crippen molar-refractivity contribution in [3.05, 3.63) is 63.4 Å². The van der Waals surface area contributed by atoms with Gasteiger partial charge in [0, 0.05) is 17.6 Å². The number of halogens is 3. The molecular formula is C26H27F3N2O4. The molecule has 3 aromatic rings. The van der Waals surface area contributed by atoms with Gasteiger partial charge < -0.3 is 19.4 Å². The van der Waals surface area contributed by atoms with E-state index in [-0.39, 0.29) is 17.8 Å². The van der Waals surface area contributed by atoms with Crippen molar-refractivity contribution in [3.8, 4) is 11.5 Å². The van der Waals surface area contributed by atoms with Crippen LogP contribution in [0.15, 0.2) is 41.2 Å². The van der Waals surface area contributed by atoms with Gasteiger partial charge in [0.1, 0.15) is 5.56 Å². The molecule has 4 rings (SSSR count). The van der Waals surface area contributed by atoms with Crippen LogP contribution in [0.4, 0.5) is 18.9 Å². The number of amides is 1. The van der Waals surface area contributed by atoms with E-state index in [1.165, 1.54) is 24.1 Å². The maximum Gasteiger partial charge on any atom is 0.416 e. The van der Waals surface area contributed by atoms with Crippen molar-refractivity contribution in [1.29, 1.82) is 0 Å². The van der Waals surface area contributed by atoms with E-state index in [4.69, 9.17) is 9.47 Å². The molecule has 0 aliphatic carbocycles. The van der Waals surface area contributed by atoms with Crippen LogP contribution in [0.25, 0.3) is 10.9 Å². The molecule has 0 radical (unpaired) electrons. The first kappa shape index (κ1) is 24.6. The van der Waals surface area contributed by atoms with Crippen molar-refractivity contribution < 1.29 is 27.4 Å². The Morgan fingerprint density at radius 2 is 1.94 bits per heavy atom. The Hall–Kier alpha value is -3.49. The van der Waals surface area contributed by atoms with Gasteiger partial charge in [-0.3, -0.25) is 9.59 Å². The summed E-state index contributed by atoms with van der Waals surface area (Å²) < 4.78 is 51.2. The van der Waals surface area contributed by atoms with Gasteiger partial charge in [-0.25, -0.2) is 0 Å². The lowest BCUT2D eigenvalue weighted by molar-refractivity contribution is -0.137. The zero-order chi connectivity index (χ0) is 25.2. The van der Waals surface area contributed by atoms with Crippen molar-refractivity contribution in [2.75, 3.05) is 25.2 Å². The van der Waals surface area contributed by atoms with Gasteiger partial charge in [0.05, 0.1) is 24.8 Å². The Bertz CT molecular complexity index is 1300. The van der Waals surface area contributed by atoms with Crippen LogP contribution in [0, 0.1) is 0 Å². The summed E-state index contributed by atoms with van der Waals surface area (Å²) in [6.07, 6.45) is -0.524. The fourth-order valence-corrected chi connectivity index (χ4v) is 4.33. The normalized spacial score (nSPS) is 13.6. The van der Waals surface area contributed by atoms with E-state index in [1.807, 2.05) is 0 Å². The number of ether oxygens (including phenoxy) is 2. The SMILES string of the molecule is CCCCCOc1c(OC)ccc2cc(C(=O)N3CCCc4ccc(C(F)(F)F)cc43)c(=O)[nH]c12. The molecule has 9 heteroatoms. The Morgan fingerprint density at radius 3 is 2.66 bits per heavy atom. The quantitative estimate of drug-likeness (QED) is 0.432. The number of aryl methyl sites for hydroxylation is 1. The number of benzene rings is 2. The lowest BCUT2D eigenvalue weighted by Crippen LogP contribution is -2.38. The fourth-order valence-electron chi connectivity index (χ4n) is 4.33. The number of fused-ring (bicyclic) bond motifs is 2. The summed E-state index contributed by atoms with van der Waals surface area (Å²) in [7, 11) is 1.50. The first-order valence-corrected chi connectivity index (χ1v) is 11.6. The van der Waals surface area contributed by atoms with Gasteiger partial charge >= 0.3 is 6.18 Å². The van der Waals surface area contributed by atoms with E-state index >= 15 is 0 Å². The summed E-state index contributed by atoms with van der Waals surface area (Å²) in [6.45, 7) is 2.75.